The monoisotopic (exact) mass is 147 g/mol. The molecule has 0 spiro atoms. The van der Waals surface area contributed by atoms with Gasteiger partial charge in [-0.05, 0) is 19.1 Å². The van der Waals surface area contributed by atoms with Crippen molar-refractivity contribution in [3.05, 3.63) is 30.9 Å². The Morgan fingerprint density at radius 3 is 3.00 bits per heavy atom. The van der Waals surface area contributed by atoms with E-state index in [0.29, 0.717) is 0 Å². The first-order valence-corrected chi connectivity index (χ1v) is 3.87. The van der Waals surface area contributed by atoms with Gasteiger partial charge in [0.2, 0.25) is 0 Å². The van der Waals surface area contributed by atoms with Crippen molar-refractivity contribution >= 4 is 11.4 Å². The number of nitrogens with zero attached hydrogens (tertiary/aromatic N) is 1. The van der Waals surface area contributed by atoms with E-state index in [0.717, 1.165) is 6.54 Å². The first kappa shape index (κ1) is 6.53. The summed E-state index contributed by atoms with van der Waals surface area (Å²) in [5.74, 6) is 0. The maximum atomic E-state index is 3.20. The Balaban J connectivity index is 2.39. The van der Waals surface area contributed by atoms with Crippen LogP contribution in [0, 0.1) is 6.67 Å². The Bertz CT molecular complexity index is 257. The van der Waals surface area contributed by atoms with Crippen LogP contribution in [0.3, 0.4) is 0 Å². The second kappa shape index (κ2) is 2.46. The Hall–Kier alpha value is -1.18. The Kier molecular flexibility index (Phi) is 1.46. The summed E-state index contributed by atoms with van der Waals surface area (Å²) in [4.78, 5) is 2.19. The number of benzene rings is 1. The van der Waals surface area contributed by atoms with Gasteiger partial charge in [0.15, 0.2) is 0 Å². The predicted octanol–water partition coefficient (Wildman–Crippen LogP) is 2.06. The van der Waals surface area contributed by atoms with Gasteiger partial charge in [-0.3, -0.25) is 0 Å². The maximum Gasteiger partial charge on any atom is 0.139 e. The molecule has 57 valence electrons. The summed E-state index contributed by atoms with van der Waals surface area (Å²) >= 11 is 0. The minimum Gasteiger partial charge on any atom is -0.360 e. The smallest absolute Gasteiger partial charge is 0.139 e. The van der Waals surface area contributed by atoms with Gasteiger partial charge in [-0.2, -0.15) is 0 Å². The predicted molar refractivity (Wildman–Crippen MR) is 47.4 cm³/mol. The van der Waals surface area contributed by atoms with Gasteiger partial charge in [-0.25, -0.2) is 0 Å². The molecule has 0 saturated heterocycles. The summed E-state index contributed by atoms with van der Waals surface area (Å²) in [6.45, 7) is 5.16. The van der Waals surface area contributed by atoms with E-state index < -0.39 is 0 Å². The number of anilines is 2. The van der Waals surface area contributed by atoms with Gasteiger partial charge in [0, 0.05) is 6.54 Å². The van der Waals surface area contributed by atoms with Crippen molar-refractivity contribution in [1.82, 2.24) is 0 Å². The molecule has 0 unspecified atom stereocenters. The van der Waals surface area contributed by atoms with E-state index in [1.165, 1.54) is 11.4 Å². The highest BCUT2D eigenvalue weighted by atomic mass is 15.3. The van der Waals surface area contributed by atoms with Gasteiger partial charge in [0.1, 0.15) is 6.67 Å². The first-order valence-electron chi connectivity index (χ1n) is 3.87. The largest absolute Gasteiger partial charge is 0.360 e. The highest BCUT2D eigenvalue weighted by Crippen LogP contribution is 2.31. The average molecular weight is 147 g/mol. The lowest BCUT2D eigenvalue weighted by molar-refractivity contribution is 0.987. The lowest BCUT2D eigenvalue weighted by Gasteiger charge is -2.12. The van der Waals surface area contributed by atoms with Gasteiger partial charge in [-0.1, -0.05) is 12.1 Å². The molecule has 1 aromatic carbocycles. The van der Waals surface area contributed by atoms with Crippen molar-refractivity contribution in [2.75, 3.05) is 16.8 Å². The minimum atomic E-state index is 1.02. The van der Waals surface area contributed by atoms with Crippen LogP contribution in [0.25, 0.3) is 0 Å². The molecule has 1 aliphatic rings. The van der Waals surface area contributed by atoms with Crippen LogP contribution >= 0.6 is 0 Å². The molecular formula is C9H11N2. The zero-order valence-electron chi connectivity index (χ0n) is 6.54. The van der Waals surface area contributed by atoms with E-state index in [1.807, 2.05) is 12.7 Å². The summed E-state index contributed by atoms with van der Waals surface area (Å²) in [6, 6.07) is 8.30. The Morgan fingerprint density at radius 1 is 1.36 bits per heavy atom. The van der Waals surface area contributed by atoms with E-state index in [9.17, 15) is 0 Å². The summed E-state index contributed by atoms with van der Waals surface area (Å²) in [7, 11) is 0. The molecule has 1 aromatic rings. The summed E-state index contributed by atoms with van der Waals surface area (Å²) in [5.41, 5.74) is 2.48. The zero-order valence-corrected chi connectivity index (χ0v) is 6.54. The number of para-hydroxylation sites is 2. The molecule has 0 saturated carbocycles. The Labute approximate surface area is 66.8 Å². The molecule has 2 nitrogen and oxygen atoms in total. The van der Waals surface area contributed by atoms with E-state index in [2.05, 4.69) is 35.3 Å². The van der Waals surface area contributed by atoms with Gasteiger partial charge >= 0.3 is 0 Å². The fourth-order valence-corrected chi connectivity index (χ4v) is 1.32. The van der Waals surface area contributed by atoms with Crippen molar-refractivity contribution < 1.29 is 0 Å². The quantitative estimate of drug-likeness (QED) is 0.654. The molecule has 2 heteroatoms. The molecular weight excluding hydrogens is 136 g/mol. The lowest BCUT2D eigenvalue weighted by atomic mass is 10.3. The topological polar surface area (TPSA) is 15.3 Å². The second-order valence-electron chi connectivity index (χ2n) is 2.58. The van der Waals surface area contributed by atoms with Crippen LogP contribution < -0.4 is 10.2 Å². The van der Waals surface area contributed by atoms with Gasteiger partial charge in [-0.15, -0.1) is 0 Å². The van der Waals surface area contributed by atoms with Gasteiger partial charge < -0.3 is 10.2 Å². The molecule has 1 aliphatic heterocycles. The van der Waals surface area contributed by atoms with E-state index in [4.69, 9.17) is 0 Å². The van der Waals surface area contributed by atoms with Crippen LogP contribution in [-0.2, 0) is 0 Å². The van der Waals surface area contributed by atoms with Crippen LogP contribution in [0.5, 0.6) is 0 Å². The Morgan fingerprint density at radius 2 is 2.18 bits per heavy atom. The van der Waals surface area contributed by atoms with Crippen molar-refractivity contribution in [1.29, 1.82) is 0 Å². The SMILES string of the molecule is CCN1[CH]Nc2ccccc21. The van der Waals surface area contributed by atoms with Crippen molar-refractivity contribution in [3.63, 3.8) is 0 Å². The fourth-order valence-electron chi connectivity index (χ4n) is 1.32. The molecule has 0 fully saturated rings. The summed E-state index contributed by atoms with van der Waals surface area (Å²) in [5, 5.41) is 3.20. The van der Waals surface area contributed by atoms with Crippen LogP contribution in [0.15, 0.2) is 24.3 Å². The number of hydrogen-bond acceptors (Lipinski definition) is 2. The van der Waals surface area contributed by atoms with Crippen molar-refractivity contribution in [3.8, 4) is 0 Å². The minimum absolute atomic E-state index is 1.02. The number of rotatable bonds is 1. The first-order chi connectivity index (χ1) is 5.42. The van der Waals surface area contributed by atoms with E-state index in [1.54, 1.807) is 0 Å². The molecule has 0 aliphatic carbocycles. The standard InChI is InChI=1S/C9H11N2/c1-2-11-7-10-8-5-3-4-6-9(8)11/h3-7,10H,2H2,1H3. The maximum absolute atomic E-state index is 3.20. The third-order valence-electron chi connectivity index (χ3n) is 1.93. The molecule has 1 radical (unpaired) electrons. The van der Waals surface area contributed by atoms with Crippen LogP contribution in [0.4, 0.5) is 11.4 Å². The third kappa shape index (κ3) is 0.946. The fraction of sp³-hybridized carbons (Fsp3) is 0.222. The number of hydrogen-bond donors (Lipinski definition) is 1. The summed E-state index contributed by atoms with van der Waals surface area (Å²) in [6.07, 6.45) is 0. The van der Waals surface area contributed by atoms with Crippen LogP contribution in [-0.4, -0.2) is 6.54 Å². The van der Waals surface area contributed by atoms with Crippen molar-refractivity contribution in [2.24, 2.45) is 0 Å². The molecule has 0 aromatic heterocycles. The molecule has 2 rings (SSSR count). The van der Waals surface area contributed by atoms with Gasteiger partial charge in [0.05, 0.1) is 11.4 Å². The van der Waals surface area contributed by atoms with Crippen molar-refractivity contribution in [2.45, 2.75) is 6.92 Å². The lowest BCUT2D eigenvalue weighted by Crippen LogP contribution is -2.16. The molecule has 0 amide bonds. The normalized spacial score (nSPS) is 14.5. The molecule has 11 heavy (non-hydrogen) atoms. The highest BCUT2D eigenvalue weighted by Gasteiger charge is 2.15. The summed E-state index contributed by atoms with van der Waals surface area (Å²) < 4.78 is 0. The van der Waals surface area contributed by atoms with Crippen LogP contribution in [0.1, 0.15) is 6.92 Å². The molecule has 0 bridgehead atoms. The molecule has 1 N–H and O–H groups in total. The number of fused-ring (bicyclic) bond motifs is 1. The third-order valence-corrected chi connectivity index (χ3v) is 1.93. The second-order valence-corrected chi connectivity index (χ2v) is 2.58. The van der Waals surface area contributed by atoms with Gasteiger partial charge in [0.25, 0.3) is 0 Å². The highest BCUT2D eigenvalue weighted by molar-refractivity contribution is 5.76. The average Bonchev–Trinajstić information content (AvgIpc) is 2.47. The molecule has 0 atom stereocenters. The van der Waals surface area contributed by atoms with E-state index >= 15 is 0 Å². The van der Waals surface area contributed by atoms with E-state index in [-0.39, 0.29) is 0 Å². The zero-order chi connectivity index (χ0) is 7.68. The van der Waals surface area contributed by atoms with Crippen LogP contribution in [0.2, 0.25) is 0 Å². The number of nitrogens with one attached hydrogen (secondary N) is 1. The molecule has 1 heterocycles.